The maximum absolute atomic E-state index is 8.18. The van der Waals surface area contributed by atoms with Gasteiger partial charge in [-0.2, -0.15) is 5.26 Å². The molecule has 1 heterocycles. The molecule has 0 amide bonds. The number of hydrogen-bond donors (Lipinski definition) is 2. The molecular formula is C7H6ClN5. The van der Waals surface area contributed by atoms with Crippen molar-refractivity contribution in [2.75, 3.05) is 5.32 Å². The van der Waals surface area contributed by atoms with Gasteiger partial charge in [0.05, 0.1) is 5.69 Å². The Bertz CT molecular complexity index is 367. The molecule has 0 saturated carbocycles. The highest BCUT2D eigenvalue weighted by atomic mass is 35.5. The third-order valence-corrected chi connectivity index (χ3v) is 1.49. The van der Waals surface area contributed by atoms with Crippen LogP contribution in [-0.4, -0.2) is 10.9 Å². The first-order valence-electron chi connectivity index (χ1n) is 3.34. The fourth-order valence-corrected chi connectivity index (χ4v) is 0.866. The minimum atomic E-state index is -0.0163. The minimum Gasteiger partial charge on any atom is -0.369 e. The zero-order chi connectivity index (χ0) is 9.68. The van der Waals surface area contributed by atoms with Crippen LogP contribution in [0.1, 0.15) is 0 Å². The molecule has 0 saturated heterocycles. The molecule has 0 aliphatic carbocycles. The van der Waals surface area contributed by atoms with E-state index in [9.17, 15) is 0 Å². The molecule has 0 bridgehead atoms. The lowest BCUT2D eigenvalue weighted by molar-refractivity contribution is 1.32. The lowest BCUT2D eigenvalue weighted by atomic mass is 10.4. The van der Waals surface area contributed by atoms with E-state index in [4.69, 9.17) is 22.6 Å². The number of guanidine groups is 1. The molecule has 6 heteroatoms. The van der Waals surface area contributed by atoms with E-state index in [0.29, 0.717) is 5.69 Å². The van der Waals surface area contributed by atoms with Crippen LogP contribution in [-0.2, 0) is 0 Å². The first-order valence-corrected chi connectivity index (χ1v) is 3.71. The predicted molar refractivity (Wildman–Crippen MR) is 50.1 cm³/mol. The van der Waals surface area contributed by atoms with E-state index in [2.05, 4.69) is 15.3 Å². The summed E-state index contributed by atoms with van der Waals surface area (Å²) in [6.07, 6.45) is 3.09. The van der Waals surface area contributed by atoms with E-state index in [-0.39, 0.29) is 11.1 Å². The van der Waals surface area contributed by atoms with Crippen LogP contribution >= 0.6 is 11.6 Å². The van der Waals surface area contributed by atoms with E-state index in [1.54, 1.807) is 24.5 Å². The molecule has 0 aliphatic rings. The molecule has 0 atom stereocenters. The van der Waals surface area contributed by atoms with Crippen molar-refractivity contribution in [2.24, 2.45) is 10.7 Å². The first-order chi connectivity index (χ1) is 6.24. The van der Waals surface area contributed by atoms with Crippen LogP contribution in [0.25, 0.3) is 0 Å². The third-order valence-electron chi connectivity index (χ3n) is 1.19. The summed E-state index contributed by atoms with van der Waals surface area (Å²) in [6, 6.07) is 3.36. The number of hydrogen-bond acceptors (Lipinski definition) is 3. The molecule has 66 valence electrons. The number of nitriles is 1. The lowest BCUT2D eigenvalue weighted by Crippen LogP contribution is -2.22. The van der Waals surface area contributed by atoms with Crippen molar-refractivity contribution < 1.29 is 0 Å². The van der Waals surface area contributed by atoms with Crippen molar-refractivity contribution in [2.45, 2.75) is 0 Å². The summed E-state index contributed by atoms with van der Waals surface area (Å²) < 4.78 is 0. The Morgan fingerprint density at radius 3 is 3.15 bits per heavy atom. The first kappa shape index (κ1) is 9.29. The largest absolute Gasteiger partial charge is 0.369 e. The third kappa shape index (κ3) is 2.61. The fourth-order valence-electron chi connectivity index (χ4n) is 0.699. The second-order valence-electron chi connectivity index (χ2n) is 2.06. The van der Waals surface area contributed by atoms with Gasteiger partial charge >= 0.3 is 0 Å². The standard InChI is InChI=1S/C7H6ClN5/c8-6-5(2-1-3-11-6)13-7(10)12-4-9/h1-3H,(H3,10,12,13). The van der Waals surface area contributed by atoms with Crippen molar-refractivity contribution in [3.05, 3.63) is 23.5 Å². The summed E-state index contributed by atoms with van der Waals surface area (Å²) in [5, 5.41) is 11.1. The topological polar surface area (TPSA) is 87.1 Å². The van der Waals surface area contributed by atoms with Crippen LogP contribution < -0.4 is 11.1 Å². The number of aliphatic imine (C=N–C) groups is 1. The van der Waals surface area contributed by atoms with E-state index < -0.39 is 0 Å². The van der Waals surface area contributed by atoms with Gasteiger partial charge in [-0.1, -0.05) is 11.6 Å². The quantitative estimate of drug-likeness (QED) is 0.302. The van der Waals surface area contributed by atoms with Crippen LogP contribution in [0.3, 0.4) is 0 Å². The molecule has 0 aromatic carbocycles. The Morgan fingerprint density at radius 1 is 1.77 bits per heavy atom. The zero-order valence-electron chi connectivity index (χ0n) is 6.53. The molecule has 0 radical (unpaired) electrons. The van der Waals surface area contributed by atoms with Gasteiger partial charge in [-0.25, -0.2) is 4.98 Å². The van der Waals surface area contributed by atoms with E-state index in [1.807, 2.05) is 0 Å². The average Bonchev–Trinajstić information content (AvgIpc) is 2.09. The molecular weight excluding hydrogens is 190 g/mol. The SMILES string of the molecule is N#CN=C(N)Nc1cccnc1Cl. The second-order valence-corrected chi connectivity index (χ2v) is 2.42. The lowest BCUT2D eigenvalue weighted by Gasteiger charge is -2.03. The van der Waals surface area contributed by atoms with Crippen LogP contribution in [0.5, 0.6) is 0 Å². The van der Waals surface area contributed by atoms with Crippen molar-refractivity contribution in [1.82, 2.24) is 4.98 Å². The molecule has 0 aliphatic heterocycles. The summed E-state index contributed by atoms with van der Waals surface area (Å²) in [5.41, 5.74) is 5.83. The molecule has 5 nitrogen and oxygen atoms in total. The van der Waals surface area contributed by atoms with Crippen LogP contribution in [0.15, 0.2) is 23.3 Å². The second kappa shape index (κ2) is 4.28. The van der Waals surface area contributed by atoms with Gasteiger partial charge in [0, 0.05) is 6.20 Å². The maximum Gasteiger partial charge on any atom is 0.209 e. The Hall–Kier alpha value is -1.80. The van der Waals surface area contributed by atoms with Gasteiger partial charge in [0.1, 0.15) is 0 Å². The highest BCUT2D eigenvalue weighted by molar-refractivity contribution is 6.32. The number of anilines is 1. The molecule has 1 aromatic rings. The van der Waals surface area contributed by atoms with Gasteiger partial charge in [0.2, 0.25) is 12.2 Å². The maximum atomic E-state index is 8.18. The molecule has 13 heavy (non-hydrogen) atoms. The number of halogens is 1. The zero-order valence-corrected chi connectivity index (χ0v) is 7.28. The van der Waals surface area contributed by atoms with Crippen molar-refractivity contribution in [1.29, 1.82) is 5.26 Å². The number of rotatable bonds is 1. The van der Waals surface area contributed by atoms with Crippen molar-refractivity contribution in [3.8, 4) is 6.19 Å². The average molecular weight is 196 g/mol. The predicted octanol–water partition coefficient (Wildman–Crippen LogP) is 0.943. The Labute approximate surface area is 79.9 Å². The van der Waals surface area contributed by atoms with Gasteiger partial charge in [-0.15, -0.1) is 4.99 Å². The van der Waals surface area contributed by atoms with Gasteiger partial charge < -0.3 is 11.1 Å². The summed E-state index contributed by atoms with van der Waals surface area (Å²) in [6.45, 7) is 0. The van der Waals surface area contributed by atoms with Crippen LogP contribution in [0.4, 0.5) is 5.69 Å². The number of nitrogens with zero attached hydrogens (tertiary/aromatic N) is 3. The molecule has 1 rings (SSSR count). The number of nitrogens with one attached hydrogen (secondary N) is 1. The summed E-state index contributed by atoms with van der Waals surface area (Å²) in [5.74, 6) is -0.0163. The minimum absolute atomic E-state index is 0.0163. The highest BCUT2D eigenvalue weighted by Crippen LogP contribution is 2.16. The van der Waals surface area contributed by atoms with Crippen LogP contribution in [0, 0.1) is 11.5 Å². The number of pyridine rings is 1. The molecule has 0 unspecified atom stereocenters. The van der Waals surface area contributed by atoms with Gasteiger partial charge in [-0.05, 0) is 12.1 Å². The molecule has 0 spiro atoms. The van der Waals surface area contributed by atoms with Crippen molar-refractivity contribution >= 4 is 23.2 Å². The van der Waals surface area contributed by atoms with Crippen molar-refractivity contribution in [3.63, 3.8) is 0 Å². The van der Waals surface area contributed by atoms with Gasteiger partial charge in [-0.3, -0.25) is 0 Å². The van der Waals surface area contributed by atoms with Gasteiger partial charge in [0.15, 0.2) is 5.15 Å². The normalized spacial score (nSPS) is 10.6. The van der Waals surface area contributed by atoms with Gasteiger partial charge in [0.25, 0.3) is 0 Å². The van der Waals surface area contributed by atoms with E-state index in [0.717, 1.165) is 0 Å². The highest BCUT2D eigenvalue weighted by Gasteiger charge is 1.99. The monoisotopic (exact) mass is 195 g/mol. The Morgan fingerprint density at radius 2 is 2.54 bits per heavy atom. The molecule has 3 N–H and O–H groups in total. The summed E-state index contributed by atoms with van der Waals surface area (Å²) in [4.78, 5) is 7.07. The smallest absolute Gasteiger partial charge is 0.209 e. The molecule has 1 aromatic heterocycles. The van der Waals surface area contributed by atoms with E-state index in [1.165, 1.54) is 0 Å². The number of nitrogens with two attached hydrogens (primary N) is 1. The fraction of sp³-hybridized carbons (Fsp3) is 0. The Balaban J connectivity index is 2.82. The molecule has 0 fully saturated rings. The van der Waals surface area contributed by atoms with Crippen LogP contribution in [0.2, 0.25) is 5.15 Å². The number of aromatic nitrogens is 1. The summed E-state index contributed by atoms with van der Waals surface area (Å²) in [7, 11) is 0. The van der Waals surface area contributed by atoms with E-state index >= 15 is 0 Å². The summed E-state index contributed by atoms with van der Waals surface area (Å²) >= 11 is 5.70. The Kier molecular flexibility index (Phi) is 3.06.